The molecule has 0 spiro atoms. The molecule has 3 nitrogen and oxygen atoms in total. The molecule has 1 aromatic carbocycles. The first kappa shape index (κ1) is 11.6. The number of fused-ring (bicyclic) bond motifs is 1. The second-order valence-corrected chi connectivity index (χ2v) is 5.02. The van der Waals surface area contributed by atoms with Crippen LogP contribution in [-0.4, -0.2) is 31.1 Å². The van der Waals surface area contributed by atoms with E-state index in [-0.39, 0.29) is 5.91 Å². The van der Waals surface area contributed by atoms with Gasteiger partial charge in [-0.2, -0.15) is 0 Å². The molecule has 1 aromatic rings. The molecule has 1 aliphatic heterocycles. The van der Waals surface area contributed by atoms with Crippen LogP contribution < -0.4 is 10.2 Å². The van der Waals surface area contributed by atoms with E-state index in [9.17, 15) is 4.79 Å². The SMILES string of the molecule is CN(CCCl)c1ccc2c(c1)NC(=O)CS2. The third-order valence-electron chi connectivity index (χ3n) is 2.46. The molecule has 0 fully saturated rings. The number of hydrogen-bond donors (Lipinski definition) is 1. The molecule has 1 heterocycles. The quantitative estimate of drug-likeness (QED) is 0.843. The van der Waals surface area contributed by atoms with Crippen LogP contribution in [0.4, 0.5) is 11.4 Å². The number of rotatable bonds is 3. The van der Waals surface area contributed by atoms with E-state index in [1.165, 1.54) is 0 Å². The number of carbonyl (C=O) groups is 1. The molecule has 0 unspecified atom stereocenters. The van der Waals surface area contributed by atoms with Crippen molar-refractivity contribution in [3.8, 4) is 0 Å². The first-order chi connectivity index (χ1) is 7.70. The van der Waals surface area contributed by atoms with Gasteiger partial charge in [-0.15, -0.1) is 23.4 Å². The average Bonchev–Trinajstić information content (AvgIpc) is 2.28. The van der Waals surface area contributed by atoms with Crippen molar-refractivity contribution >= 4 is 40.6 Å². The number of hydrogen-bond acceptors (Lipinski definition) is 3. The highest BCUT2D eigenvalue weighted by Gasteiger charge is 2.15. The Bertz CT molecular complexity index is 411. The van der Waals surface area contributed by atoms with Crippen molar-refractivity contribution in [3.05, 3.63) is 18.2 Å². The summed E-state index contributed by atoms with van der Waals surface area (Å²) in [6, 6.07) is 6.08. The number of amides is 1. The molecule has 1 amide bonds. The molecule has 86 valence electrons. The second kappa shape index (κ2) is 4.97. The average molecular weight is 257 g/mol. The van der Waals surface area contributed by atoms with Crippen LogP contribution in [0.25, 0.3) is 0 Å². The van der Waals surface area contributed by atoms with Crippen LogP contribution in [0, 0.1) is 0 Å². The van der Waals surface area contributed by atoms with Gasteiger partial charge >= 0.3 is 0 Å². The van der Waals surface area contributed by atoms with E-state index in [1.54, 1.807) is 11.8 Å². The Morgan fingerprint density at radius 2 is 2.38 bits per heavy atom. The number of benzene rings is 1. The summed E-state index contributed by atoms with van der Waals surface area (Å²) in [5.74, 6) is 1.16. The molecule has 1 aliphatic rings. The van der Waals surface area contributed by atoms with E-state index in [1.807, 2.05) is 19.2 Å². The number of carbonyl (C=O) groups excluding carboxylic acids is 1. The van der Waals surface area contributed by atoms with Gasteiger partial charge in [0.2, 0.25) is 5.91 Å². The van der Waals surface area contributed by atoms with Crippen LogP contribution in [0.3, 0.4) is 0 Å². The fourth-order valence-electron chi connectivity index (χ4n) is 1.56. The van der Waals surface area contributed by atoms with Crippen LogP contribution in [-0.2, 0) is 4.79 Å². The van der Waals surface area contributed by atoms with Gasteiger partial charge in [0.25, 0.3) is 0 Å². The van der Waals surface area contributed by atoms with E-state index >= 15 is 0 Å². The lowest BCUT2D eigenvalue weighted by atomic mass is 10.2. The maximum absolute atomic E-state index is 11.3. The van der Waals surface area contributed by atoms with Crippen LogP contribution in [0.15, 0.2) is 23.1 Å². The minimum atomic E-state index is 0.0645. The lowest BCUT2D eigenvalue weighted by Crippen LogP contribution is -2.22. The first-order valence-electron chi connectivity index (χ1n) is 5.04. The number of nitrogens with zero attached hydrogens (tertiary/aromatic N) is 1. The standard InChI is InChI=1S/C11H13ClN2OS/c1-14(5-4-12)8-2-3-10-9(6-8)13-11(15)7-16-10/h2-3,6H,4-5,7H2,1H3,(H,13,15). The molecule has 0 saturated heterocycles. The van der Waals surface area contributed by atoms with Gasteiger partial charge in [-0.3, -0.25) is 4.79 Å². The fraction of sp³-hybridized carbons (Fsp3) is 0.364. The molecule has 0 aromatic heterocycles. The Balaban J connectivity index is 2.24. The molecule has 0 saturated carbocycles. The molecular weight excluding hydrogens is 244 g/mol. The topological polar surface area (TPSA) is 32.3 Å². The van der Waals surface area contributed by atoms with E-state index in [2.05, 4.69) is 16.3 Å². The van der Waals surface area contributed by atoms with Gasteiger partial charge in [-0.25, -0.2) is 0 Å². The van der Waals surface area contributed by atoms with Crippen molar-refractivity contribution in [2.24, 2.45) is 0 Å². The van der Waals surface area contributed by atoms with Crippen LogP contribution in [0.2, 0.25) is 0 Å². The van der Waals surface area contributed by atoms with Gasteiger partial charge in [-0.1, -0.05) is 0 Å². The Kier molecular flexibility index (Phi) is 3.61. The number of alkyl halides is 1. The van der Waals surface area contributed by atoms with Crippen molar-refractivity contribution < 1.29 is 4.79 Å². The summed E-state index contributed by atoms with van der Waals surface area (Å²) in [6.45, 7) is 0.793. The lowest BCUT2D eigenvalue weighted by molar-refractivity contribution is -0.113. The van der Waals surface area contributed by atoms with Gasteiger partial charge in [0.1, 0.15) is 0 Å². The second-order valence-electron chi connectivity index (χ2n) is 3.63. The Morgan fingerprint density at radius 3 is 3.12 bits per heavy atom. The monoisotopic (exact) mass is 256 g/mol. The van der Waals surface area contributed by atoms with Crippen LogP contribution >= 0.6 is 23.4 Å². The van der Waals surface area contributed by atoms with Gasteiger partial charge in [0.15, 0.2) is 0 Å². The number of thioether (sulfide) groups is 1. The summed E-state index contributed by atoms with van der Waals surface area (Å²) in [6.07, 6.45) is 0. The molecule has 0 bridgehead atoms. The first-order valence-corrected chi connectivity index (χ1v) is 6.56. The molecule has 0 aliphatic carbocycles. The van der Waals surface area contributed by atoms with E-state index in [4.69, 9.17) is 11.6 Å². The summed E-state index contributed by atoms with van der Waals surface area (Å²) < 4.78 is 0. The summed E-state index contributed by atoms with van der Waals surface area (Å²) in [5, 5.41) is 2.88. The third kappa shape index (κ3) is 2.44. The zero-order valence-electron chi connectivity index (χ0n) is 9.00. The highest BCUT2D eigenvalue weighted by Crippen LogP contribution is 2.34. The molecule has 0 radical (unpaired) electrons. The van der Waals surface area contributed by atoms with Gasteiger partial charge in [0.05, 0.1) is 11.4 Å². The zero-order chi connectivity index (χ0) is 11.5. The predicted octanol–water partition coefficient (Wildman–Crippen LogP) is 2.41. The predicted molar refractivity (Wildman–Crippen MR) is 69.8 cm³/mol. The van der Waals surface area contributed by atoms with Gasteiger partial charge in [-0.05, 0) is 18.2 Å². The largest absolute Gasteiger partial charge is 0.373 e. The summed E-state index contributed by atoms with van der Waals surface area (Å²) in [5.41, 5.74) is 1.97. The Labute approximate surface area is 104 Å². The maximum Gasteiger partial charge on any atom is 0.234 e. The molecule has 0 atom stereocenters. The minimum absolute atomic E-state index is 0.0645. The lowest BCUT2D eigenvalue weighted by Gasteiger charge is -2.22. The van der Waals surface area contributed by atoms with Gasteiger partial charge < -0.3 is 10.2 Å². The molecule has 2 rings (SSSR count). The summed E-state index contributed by atoms with van der Waals surface area (Å²) in [4.78, 5) is 14.5. The van der Waals surface area contributed by atoms with Crippen LogP contribution in [0.5, 0.6) is 0 Å². The Hall–Kier alpha value is -0.870. The number of nitrogens with one attached hydrogen (secondary N) is 1. The Morgan fingerprint density at radius 1 is 1.56 bits per heavy atom. The van der Waals surface area contributed by atoms with Gasteiger partial charge in [0, 0.05) is 30.1 Å². The maximum atomic E-state index is 11.3. The molecule has 5 heteroatoms. The molecular formula is C11H13ClN2OS. The van der Waals surface area contributed by atoms with Crippen molar-refractivity contribution in [1.82, 2.24) is 0 Å². The smallest absolute Gasteiger partial charge is 0.234 e. The highest BCUT2D eigenvalue weighted by atomic mass is 35.5. The number of halogens is 1. The van der Waals surface area contributed by atoms with Crippen molar-refractivity contribution in [2.45, 2.75) is 4.90 Å². The highest BCUT2D eigenvalue weighted by molar-refractivity contribution is 8.00. The summed E-state index contributed by atoms with van der Waals surface area (Å²) in [7, 11) is 1.99. The van der Waals surface area contributed by atoms with E-state index < -0.39 is 0 Å². The van der Waals surface area contributed by atoms with E-state index in [0.717, 1.165) is 22.8 Å². The molecule has 1 N–H and O–H groups in total. The summed E-state index contributed by atoms with van der Waals surface area (Å²) >= 11 is 7.27. The minimum Gasteiger partial charge on any atom is -0.373 e. The van der Waals surface area contributed by atoms with Crippen molar-refractivity contribution in [1.29, 1.82) is 0 Å². The molecule has 16 heavy (non-hydrogen) atoms. The number of anilines is 2. The van der Waals surface area contributed by atoms with Crippen molar-refractivity contribution in [2.75, 3.05) is 35.4 Å². The van der Waals surface area contributed by atoms with Crippen LogP contribution in [0.1, 0.15) is 0 Å². The zero-order valence-corrected chi connectivity index (χ0v) is 10.6. The van der Waals surface area contributed by atoms with Crippen molar-refractivity contribution in [3.63, 3.8) is 0 Å². The van der Waals surface area contributed by atoms with E-state index in [0.29, 0.717) is 11.6 Å². The third-order valence-corrected chi connectivity index (χ3v) is 3.70. The fourth-order valence-corrected chi connectivity index (χ4v) is 2.61. The normalized spacial score (nSPS) is 14.2.